The van der Waals surface area contributed by atoms with Gasteiger partial charge >= 0.3 is 0 Å². The Morgan fingerprint density at radius 3 is 2.76 bits per heavy atom. The lowest BCUT2D eigenvalue weighted by molar-refractivity contribution is 0.727. The van der Waals surface area contributed by atoms with E-state index in [2.05, 4.69) is 29.5 Å². The Morgan fingerprint density at radius 2 is 2.18 bits per heavy atom. The summed E-state index contributed by atoms with van der Waals surface area (Å²) in [5, 5.41) is 8.41. The molecule has 0 fully saturated rings. The van der Waals surface area contributed by atoms with E-state index in [0.717, 1.165) is 34.9 Å². The van der Waals surface area contributed by atoms with Gasteiger partial charge in [0.2, 0.25) is 0 Å². The highest BCUT2D eigenvalue weighted by atomic mass is 35.5. The summed E-state index contributed by atoms with van der Waals surface area (Å²) in [6, 6.07) is 8.06. The van der Waals surface area contributed by atoms with Crippen LogP contribution in [0, 0.1) is 0 Å². The molecule has 1 aromatic carbocycles. The largest absolute Gasteiger partial charge is 0.313 e. The fraction of sp³-hybridized carbons (Fsp3) is 0.308. The molecule has 1 aromatic heterocycles. The predicted molar refractivity (Wildman–Crippen MR) is 71.0 cm³/mol. The first-order chi connectivity index (χ1) is 8.20. The van der Waals surface area contributed by atoms with Crippen molar-refractivity contribution in [3.63, 3.8) is 0 Å². The molecular weight excluding hydrogens is 234 g/mol. The fourth-order valence-electron chi connectivity index (χ4n) is 1.68. The van der Waals surface area contributed by atoms with Gasteiger partial charge in [-0.1, -0.05) is 30.7 Å². The number of nitrogens with zero attached hydrogens (tertiary/aromatic N) is 2. The number of aryl methyl sites for hydroxylation is 1. The van der Waals surface area contributed by atoms with Crippen LogP contribution in [-0.4, -0.2) is 16.3 Å². The molecule has 0 unspecified atom stereocenters. The summed E-state index contributed by atoms with van der Waals surface area (Å²) >= 11 is 6.25. The van der Waals surface area contributed by atoms with Crippen molar-refractivity contribution in [1.82, 2.24) is 15.1 Å². The minimum atomic E-state index is 0.786. The molecular formula is C13H16ClN3. The van der Waals surface area contributed by atoms with Crippen molar-refractivity contribution in [2.24, 2.45) is 7.05 Å². The van der Waals surface area contributed by atoms with E-state index in [4.69, 9.17) is 11.6 Å². The van der Waals surface area contributed by atoms with E-state index >= 15 is 0 Å². The Balaban J connectivity index is 2.24. The lowest BCUT2D eigenvalue weighted by Gasteiger charge is -2.06. The average Bonchev–Trinajstić information content (AvgIpc) is 2.74. The molecule has 0 radical (unpaired) electrons. The van der Waals surface area contributed by atoms with Crippen LogP contribution in [0.3, 0.4) is 0 Å². The summed E-state index contributed by atoms with van der Waals surface area (Å²) in [6.07, 6.45) is 1.93. The number of hydrogen-bond donors (Lipinski definition) is 1. The van der Waals surface area contributed by atoms with Gasteiger partial charge in [-0.05, 0) is 24.2 Å². The first kappa shape index (κ1) is 12.1. The highest BCUT2D eigenvalue weighted by Crippen LogP contribution is 2.24. The Bertz CT molecular complexity index is 505. The molecule has 1 heterocycles. The minimum Gasteiger partial charge on any atom is -0.313 e. The first-order valence-corrected chi connectivity index (χ1v) is 6.07. The molecule has 2 aromatic rings. The maximum absolute atomic E-state index is 6.25. The summed E-state index contributed by atoms with van der Waals surface area (Å²) in [4.78, 5) is 0. The molecule has 90 valence electrons. The monoisotopic (exact) mass is 249 g/mol. The molecule has 3 nitrogen and oxygen atoms in total. The molecule has 0 spiro atoms. The lowest BCUT2D eigenvalue weighted by atomic mass is 10.1. The van der Waals surface area contributed by atoms with Crippen molar-refractivity contribution in [2.45, 2.75) is 13.5 Å². The van der Waals surface area contributed by atoms with Gasteiger partial charge in [-0.15, -0.1) is 0 Å². The van der Waals surface area contributed by atoms with E-state index in [1.165, 1.54) is 0 Å². The Kier molecular flexibility index (Phi) is 3.82. The smallest absolute Gasteiger partial charge is 0.0923 e. The van der Waals surface area contributed by atoms with Crippen molar-refractivity contribution < 1.29 is 0 Å². The van der Waals surface area contributed by atoms with Crippen LogP contribution in [0.1, 0.15) is 12.5 Å². The normalized spacial score (nSPS) is 10.8. The Hall–Kier alpha value is -1.32. The quantitative estimate of drug-likeness (QED) is 0.903. The van der Waals surface area contributed by atoms with Crippen molar-refractivity contribution in [3.8, 4) is 11.3 Å². The molecule has 4 heteroatoms. The third-order valence-corrected chi connectivity index (χ3v) is 2.98. The van der Waals surface area contributed by atoms with Gasteiger partial charge in [0, 0.05) is 30.4 Å². The van der Waals surface area contributed by atoms with Crippen molar-refractivity contribution in [1.29, 1.82) is 0 Å². The third-order valence-electron chi connectivity index (χ3n) is 2.63. The first-order valence-electron chi connectivity index (χ1n) is 5.70. The van der Waals surface area contributed by atoms with E-state index in [1.54, 1.807) is 4.68 Å². The summed E-state index contributed by atoms with van der Waals surface area (Å²) in [7, 11) is 1.91. The van der Waals surface area contributed by atoms with Gasteiger partial charge < -0.3 is 5.32 Å². The van der Waals surface area contributed by atoms with Gasteiger partial charge in [-0.2, -0.15) is 5.10 Å². The zero-order valence-corrected chi connectivity index (χ0v) is 10.8. The average molecular weight is 250 g/mol. The number of hydrogen-bond acceptors (Lipinski definition) is 2. The minimum absolute atomic E-state index is 0.786. The standard InChI is InChI=1S/C13H16ClN3/c1-3-15-9-11-5-4-10(8-12(11)14)13-6-7-17(2)16-13/h4-8,15H,3,9H2,1-2H3. The van der Waals surface area contributed by atoms with Gasteiger partial charge in [0.05, 0.1) is 5.69 Å². The third kappa shape index (κ3) is 2.87. The molecule has 1 N–H and O–H groups in total. The Morgan fingerprint density at radius 1 is 1.35 bits per heavy atom. The van der Waals surface area contributed by atoms with E-state index < -0.39 is 0 Å². The number of benzene rings is 1. The molecule has 0 saturated carbocycles. The fourth-order valence-corrected chi connectivity index (χ4v) is 1.93. The van der Waals surface area contributed by atoms with Crippen LogP contribution in [0.2, 0.25) is 5.02 Å². The second kappa shape index (κ2) is 5.34. The molecule has 0 aliphatic carbocycles. The molecule has 0 aliphatic heterocycles. The molecule has 0 amide bonds. The number of halogens is 1. The topological polar surface area (TPSA) is 29.9 Å². The summed E-state index contributed by atoms with van der Waals surface area (Å²) in [5.41, 5.74) is 3.12. The highest BCUT2D eigenvalue weighted by molar-refractivity contribution is 6.31. The van der Waals surface area contributed by atoms with Crippen LogP contribution in [0.25, 0.3) is 11.3 Å². The van der Waals surface area contributed by atoms with Gasteiger partial charge in [-0.3, -0.25) is 4.68 Å². The lowest BCUT2D eigenvalue weighted by Crippen LogP contribution is -2.11. The number of aromatic nitrogens is 2. The SMILES string of the molecule is CCNCc1ccc(-c2ccn(C)n2)cc1Cl. The van der Waals surface area contributed by atoms with Crippen LogP contribution >= 0.6 is 11.6 Å². The second-order valence-corrected chi connectivity index (χ2v) is 4.37. The molecule has 0 aliphatic rings. The van der Waals surface area contributed by atoms with Crippen molar-refractivity contribution >= 4 is 11.6 Å². The van der Waals surface area contributed by atoms with Crippen LogP contribution in [-0.2, 0) is 13.6 Å². The molecule has 2 rings (SSSR count). The Labute approximate surface area is 106 Å². The van der Waals surface area contributed by atoms with E-state index in [9.17, 15) is 0 Å². The van der Waals surface area contributed by atoms with Gasteiger partial charge in [0.1, 0.15) is 0 Å². The zero-order valence-electron chi connectivity index (χ0n) is 10.1. The maximum atomic E-state index is 6.25. The van der Waals surface area contributed by atoms with Crippen LogP contribution in [0.5, 0.6) is 0 Å². The van der Waals surface area contributed by atoms with E-state index in [-0.39, 0.29) is 0 Å². The maximum Gasteiger partial charge on any atom is 0.0923 e. The second-order valence-electron chi connectivity index (χ2n) is 3.96. The highest BCUT2D eigenvalue weighted by Gasteiger charge is 2.05. The van der Waals surface area contributed by atoms with Crippen LogP contribution in [0.15, 0.2) is 30.5 Å². The van der Waals surface area contributed by atoms with Crippen molar-refractivity contribution in [2.75, 3.05) is 6.54 Å². The van der Waals surface area contributed by atoms with Gasteiger partial charge in [0.25, 0.3) is 0 Å². The predicted octanol–water partition coefficient (Wildman–Crippen LogP) is 2.85. The number of nitrogens with one attached hydrogen (secondary N) is 1. The molecule has 17 heavy (non-hydrogen) atoms. The van der Waals surface area contributed by atoms with E-state index in [0.29, 0.717) is 0 Å². The van der Waals surface area contributed by atoms with Crippen LogP contribution in [0.4, 0.5) is 0 Å². The van der Waals surface area contributed by atoms with Crippen molar-refractivity contribution in [3.05, 3.63) is 41.0 Å². The van der Waals surface area contributed by atoms with Crippen LogP contribution < -0.4 is 5.32 Å². The molecule has 0 saturated heterocycles. The zero-order chi connectivity index (χ0) is 12.3. The number of rotatable bonds is 4. The molecule has 0 atom stereocenters. The van der Waals surface area contributed by atoms with E-state index in [1.807, 2.05) is 25.4 Å². The van der Waals surface area contributed by atoms with Gasteiger partial charge in [-0.25, -0.2) is 0 Å². The van der Waals surface area contributed by atoms with Gasteiger partial charge in [0.15, 0.2) is 0 Å². The molecule has 0 bridgehead atoms. The summed E-state index contributed by atoms with van der Waals surface area (Å²) < 4.78 is 1.79. The summed E-state index contributed by atoms with van der Waals surface area (Å²) in [5.74, 6) is 0. The summed E-state index contributed by atoms with van der Waals surface area (Å²) in [6.45, 7) is 3.83.